The van der Waals surface area contributed by atoms with E-state index in [1.54, 1.807) is 32.9 Å². The lowest BCUT2D eigenvalue weighted by Gasteiger charge is -2.52. The lowest BCUT2D eigenvalue weighted by molar-refractivity contribution is -0.126. The number of Topliss-reactive ketones (excluding diaryl/α,β-unsaturated/α-hetero) is 2. The van der Waals surface area contributed by atoms with Crippen molar-refractivity contribution < 1.29 is 35.3 Å². The summed E-state index contributed by atoms with van der Waals surface area (Å²) >= 11 is 0. The first-order chi connectivity index (χ1) is 33.3. The number of hydrogen-bond acceptors (Lipinski definition) is 8. The van der Waals surface area contributed by atoms with Crippen molar-refractivity contribution in [2.24, 2.45) is 70.0 Å². The molecule has 0 radical (unpaired) electrons. The number of carbonyl (C=O) groups excluding carboxylic acids is 2. The topological polar surface area (TPSA) is 127 Å². The van der Waals surface area contributed by atoms with Crippen LogP contribution in [-0.4, -0.2) is 92.0 Å². The lowest BCUT2D eigenvalue weighted by atomic mass is 9.60. The first-order valence-corrected chi connectivity index (χ1v) is 36.6. The van der Waals surface area contributed by atoms with E-state index in [1.165, 1.54) is 0 Å². The van der Waals surface area contributed by atoms with Gasteiger partial charge in [-0.25, -0.2) is 16.8 Å². The zero-order valence-corrected chi connectivity index (χ0v) is 50.1. The van der Waals surface area contributed by atoms with Crippen LogP contribution in [0.5, 0.6) is 0 Å². The first kappa shape index (κ1) is 54.7. The molecule has 6 saturated carbocycles. The molecule has 2 aromatic rings. The number of nitrogens with zero attached hydrogens (tertiary/aromatic N) is 2. The van der Waals surface area contributed by atoms with Gasteiger partial charge in [0.05, 0.1) is 22.0 Å². The van der Waals surface area contributed by atoms with Gasteiger partial charge in [-0.15, -0.1) is 0 Å². The third kappa shape index (κ3) is 9.20. The molecular formula is C58H90N2O8S2Si2. The maximum atomic E-state index is 13.6. The molecule has 8 fully saturated rings. The summed E-state index contributed by atoms with van der Waals surface area (Å²) < 4.78 is 71.9. The van der Waals surface area contributed by atoms with Gasteiger partial charge in [0, 0.05) is 61.7 Å². The summed E-state index contributed by atoms with van der Waals surface area (Å²) in [5.74, 6) is 3.84. The quantitative estimate of drug-likeness (QED) is 0.239. The second-order valence-electron chi connectivity index (χ2n) is 28.0. The van der Waals surface area contributed by atoms with Crippen LogP contribution >= 0.6 is 0 Å². The van der Waals surface area contributed by atoms with Gasteiger partial charge in [0.1, 0.15) is 11.6 Å². The number of carbonyl (C=O) groups is 2. The zero-order chi connectivity index (χ0) is 52.5. The van der Waals surface area contributed by atoms with Gasteiger partial charge >= 0.3 is 0 Å². The molecule has 2 spiro atoms. The molecule has 72 heavy (non-hydrogen) atoms. The van der Waals surface area contributed by atoms with Crippen LogP contribution < -0.4 is 0 Å². The molecule has 0 bridgehead atoms. The minimum Gasteiger partial charge on any atom is -0.413 e. The van der Waals surface area contributed by atoms with Gasteiger partial charge in [0.15, 0.2) is 16.6 Å². The smallest absolute Gasteiger partial charge is 0.243 e. The summed E-state index contributed by atoms with van der Waals surface area (Å²) in [6.07, 6.45) is 9.29. The van der Waals surface area contributed by atoms with Crippen molar-refractivity contribution in [3.8, 4) is 0 Å². The molecule has 2 aliphatic heterocycles. The average Bonchev–Trinajstić information content (AvgIpc) is 3.97. The summed E-state index contributed by atoms with van der Waals surface area (Å²) in [6, 6.07) is 14.4. The molecule has 400 valence electrons. The molecule has 2 aromatic carbocycles. The minimum absolute atomic E-state index is 0.0407. The highest BCUT2D eigenvalue weighted by Crippen LogP contribution is 2.70. The largest absolute Gasteiger partial charge is 0.413 e. The van der Waals surface area contributed by atoms with Gasteiger partial charge in [0.2, 0.25) is 20.0 Å². The van der Waals surface area contributed by atoms with Crippen LogP contribution in [0.25, 0.3) is 0 Å². The van der Waals surface area contributed by atoms with E-state index in [-0.39, 0.29) is 68.6 Å². The van der Waals surface area contributed by atoms with Crippen molar-refractivity contribution in [1.29, 1.82) is 0 Å². The molecule has 0 aromatic heterocycles. The highest BCUT2D eigenvalue weighted by atomic mass is 32.2. The van der Waals surface area contributed by atoms with E-state index in [9.17, 15) is 26.4 Å². The minimum atomic E-state index is -3.53. The molecule has 14 heteroatoms. The van der Waals surface area contributed by atoms with E-state index in [0.717, 1.165) is 62.5 Å². The summed E-state index contributed by atoms with van der Waals surface area (Å²) in [6.45, 7) is 33.8. The predicted octanol–water partition coefficient (Wildman–Crippen LogP) is 12.1. The maximum absolute atomic E-state index is 13.6. The van der Waals surface area contributed by atoms with Crippen LogP contribution in [0.15, 0.2) is 58.3 Å². The van der Waals surface area contributed by atoms with E-state index in [4.69, 9.17) is 8.85 Å². The Morgan fingerprint density at radius 1 is 0.556 bits per heavy atom. The van der Waals surface area contributed by atoms with Gasteiger partial charge in [-0.05, 0) is 173 Å². The van der Waals surface area contributed by atoms with Crippen molar-refractivity contribution in [3.63, 3.8) is 0 Å². The van der Waals surface area contributed by atoms with Crippen molar-refractivity contribution in [3.05, 3.63) is 59.7 Å². The average molecular weight is 1060 g/mol. The van der Waals surface area contributed by atoms with Gasteiger partial charge in [-0.1, -0.05) is 90.8 Å². The van der Waals surface area contributed by atoms with Crippen molar-refractivity contribution in [1.82, 2.24) is 8.61 Å². The third-order valence-corrected chi connectivity index (χ3v) is 34.2. The fourth-order valence-corrected chi connectivity index (χ4v) is 21.8. The first-order valence-electron chi connectivity index (χ1n) is 27.9. The highest BCUT2D eigenvalue weighted by Gasteiger charge is 2.71. The number of rotatable bonds is 8. The SMILES string of the molecule is Cc1ccc(S(=O)(=O)N2CC[C@H]3[C@@H](C2)C[C@]24[C@H](CC(=O)[C@H]32)C[C@@H](C)C[C@H]4O[Si](C)(C)C(C)(C)C)cc1.Cc1ccc(S(=O)(=O)N2CC[C@H]3[C@@H](C2)C[C@]24[C@H](CC(=O)[C@H]32)C[C@@H](C)C[C@H]4O[Si](C)(C)C(C)(C)C)cc1. The van der Waals surface area contributed by atoms with Crippen LogP contribution in [0, 0.1) is 83.9 Å². The number of ketones is 2. The lowest BCUT2D eigenvalue weighted by Crippen LogP contribution is -2.54. The number of benzene rings is 2. The van der Waals surface area contributed by atoms with Gasteiger partial charge in [0.25, 0.3) is 0 Å². The summed E-state index contributed by atoms with van der Waals surface area (Å²) in [4.78, 5) is 28.0. The standard InChI is InChI=1S/2C29H45NO4SSi/c2*1-19-8-10-23(11-9-19)35(32,33)30-13-12-24-21(18-30)17-29-22(16-25(31)27(24)29)14-20(2)15-26(29)34-36(6,7)28(3,4)5/h2*8-11,20-22,24,26-27H,12-18H2,1-7H3/t2*20-,21-,22+,24+,26-,27+,29-/m11/s1. The Labute approximate surface area is 437 Å². The third-order valence-electron chi connectivity index (χ3n) is 21.5. The fourth-order valence-electron chi connectivity index (χ4n) is 16.0. The van der Waals surface area contributed by atoms with Gasteiger partial charge in [-0.3, -0.25) is 9.59 Å². The van der Waals surface area contributed by atoms with E-state index in [1.807, 2.05) is 38.1 Å². The normalized spacial score (nSPS) is 37.5. The van der Waals surface area contributed by atoms with Crippen LogP contribution in [0.4, 0.5) is 0 Å². The van der Waals surface area contributed by atoms with Crippen molar-refractivity contribution >= 4 is 48.2 Å². The summed E-state index contributed by atoms with van der Waals surface area (Å²) in [5.41, 5.74) is 1.88. The van der Waals surface area contributed by atoms with E-state index in [0.29, 0.717) is 84.0 Å². The molecule has 0 amide bonds. The van der Waals surface area contributed by atoms with Gasteiger partial charge in [-0.2, -0.15) is 8.61 Å². The molecule has 0 N–H and O–H groups in total. The number of aryl methyl sites for hydroxylation is 2. The molecule has 8 aliphatic rings. The number of hydrogen-bond donors (Lipinski definition) is 0. The Balaban J connectivity index is 0.000000178. The van der Waals surface area contributed by atoms with Crippen molar-refractivity contribution in [2.75, 3.05) is 26.2 Å². The predicted molar refractivity (Wildman–Crippen MR) is 291 cm³/mol. The van der Waals surface area contributed by atoms with Crippen molar-refractivity contribution in [2.45, 2.75) is 192 Å². The Morgan fingerprint density at radius 3 is 1.21 bits per heavy atom. The molecule has 6 aliphatic carbocycles. The second kappa shape index (κ2) is 18.9. The Bertz CT molecular complexity index is 2430. The fraction of sp³-hybridized carbons (Fsp3) is 0.759. The molecule has 2 heterocycles. The molecule has 10 rings (SSSR count). The van der Waals surface area contributed by atoms with Crippen LogP contribution in [0.3, 0.4) is 0 Å². The summed E-state index contributed by atoms with van der Waals surface area (Å²) in [5, 5.41) is 0.227. The van der Waals surface area contributed by atoms with E-state index in [2.05, 4.69) is 81.6 Å². The van der Waals surface area contributed by atoms with Crippen LogP contribution in [-0.2, 0) is 38.5 Å². The maximum Gasteiger partial charge on any atom is 0.243 e. The van der Waals surface area contributed by atoms with Crippen LogP contribution in [0.2, 0.25) is 36.3 Å². The summed E-state index contributed by atoms with van der Waals surface area (Å²) in [7, 11) is -11.1. The monoisotopic (exact) mass is 1060 g/mol. The molecule has 10 nitrogen and oxygen atoms in total. The molecular weight excluding hydrogens is 973 g/mol. The second-order valence-corrected chi connectivity index (χ2v) is 41.4. The van der Waals surface area contributed by atoms with E-state index >= 15 is 0 Å². The molecule has 0 unspecified atom stereocenters. The van der Waals surface area contributed by atoms with Gasteiger partial charge < -0.3 is 8.85 Å². The van der Waals surface area contributed by atoms with Crippen LogP contribution in [0.1, 0.15) is 131 Å². The van der Waals surface area contributed by atoms with E-state index < -0.39 is 36.7 Å². The number of sulfonamides is 2. The zero-order valence-electron chi connectivity index (χ0n) is 46.4. The Morgan fingerprint density at radius 2 is 0.889 bits per heavy atom. The molecule has 2 saturated heterocycles. The Hall–Kier alpha value is -2.05. The number of piperidine rings is 2. The highest BCUT2D eigenvalue weighted by molar-refractivity contribution is 7.89. The number of fused-ring (bicyclic) bond motifs is 4. The Kier molecular flexibility index (Phi) is 14.3. The molecule has 14 atom stereocenters.